The zero-order valence-corrected chi connectivity index (χ0v) is 18.1. The lowest BCUT2D eigenvalue weighted by atomic mass is 9.46. The van der Waals surface area contributed by atoms with Gasteiger partial charge in [-0.25, -0.2) is 4.39 Å². The van der Waals surface area contributed by atoms with Crippen LogP contribution in [-0.4, -0.2) is 41.5 Å². The van der Waals surface area contributed by atoms with Gasteiger partial charge in [-0.2, -0.15) is 0 Å². The van der Waals surface area contributed by atoms with E-state index in [1.54, 1.807) is 6.08 Å². The maximum absolute atomic E-state index is 15.3. The van der Waals surface area contributed by atoms with Crippen molar-refractivity contribution in [2.24, 2.45) is 40.4 Å². The van der Waals surface area contributed by atoms with Gasteiger partial charge in [-0.15, -0.1) is 0 Å². The molecule has 5 nitrogen and oxygen atoms in total. The minimum Gasteiger partial charge on any atom is -0.458 e. The number of carbonyl (C=O) groups is 3. The van der Waals surface area contributed by atoms with Crippen molar-refractivity contribution in [2.75, 3.05) is 6.61 Å². The van der Waals surface area contributed by atoms with Crippen LogP contribution < -0.4 is 0 Å². The van der Waals surface area contributed by atoms with E-state index in [2.05, 4.69) is 0 Å². The fourth-order valence-electron chi connectivity index (χ4n) is 7.65. The zero-order valence-electron chi connectivity index (χ0n) is 18.1. The van der Waals surface area contributed by atoms with Crippen molar-refractivity contribution in [2.45, 2.75) is 59.2 Å². The molecule has 0 amide bonds. The molecule has 3 fully saturated rings. The highest BCUT2D eigenvalue weighted by Crippen LogP contribution is 2.67. The summed E-state index contributed by atoms with van der Waals surface area (Å²) in [5.41, 5.74) is -0.685. The van der Waals surface area contributed by atoms with Crippen LogP contribution in [0.2, 0.25) is 0 Å². The highest BCUT2D eigenvalue weighted by Gasteiger charge is 2.65. The van der Waals surface area contributed by atoms with Crippen molar-refractivity contribution in [3.8, 4) is 0 Å². The Labute approximate surface area is 176 Å². The number of hydrogen-bond donors (Lipinski definition) is 1. The molecule has 0 aliphatic heterocycles. The van der Waals surface area contributed by atoms with Gasteiger partial charge in [0.25, 0.3) is 0 Å². The van der Waals surface area contributed by atoms with Crippen LogP contribution in [0.3, 0.4) is 0 Å². The van der Waals surface area contributed by atoms with Gasteiger partial charge >= 0.3 is 5.97 Å². The van der Waals surface area contributed by atoms with Crippen molar-refractivity contribution >= 4 is 17.5 Å². The van der Waals surface area contributed by atoms with Crippen molar-refractivity contribution in [1.82, 2.24) is 0 Å². The summed E-state index contributed by atoms with van der Waals surface area (Å²) in [4.78, 5) is 36.1. The third-order valence-electron chi connectivity index (χ3n) is 8.58. The molecule has 1 N–H and O–H groups in total. The minimum atomic E-state index is -1.23. The molecule has 30 heavy (non-hydrogen) atoms. The molecule has 0 aromatic carbocycles. The molecule has 4 aliphatic rings. The van der Waals surface area contributed by atoms with Crippen LogP contribution in [0, 0.1) is 40.4 Å². The number of halogens is 1. The number of aliphatic hydroxyl groups excluding tert-OH is 1. The van der Waals surface area contributed by atoms with Gasteiger partial charge in [0.15, 0.2) is 11.6 Å². The second-order valence-electron chi connectivity index (χ2n) is 10.3. The lowest BCUT2D eigenvalue weighted by Crippen LogP contribution is -2.58. The van der Waals surface area contributed by atoms with E-state index in [1.165, 1.54) is 19.1 Å². The second-order valence-corrected chi connectivity index (χ2v) is 10.3. The summed E-state index contributed by atoms with van der Waals surface area (Å²) >= 11 is 0. The molecule has 9 atom stereocenters. The molecule has 0 heterocycles. The average molecular weight is 419 g/mol. The molecule has 5 unspecified atom stereocenters. The van der Waals surface area contributed by atoms with Gasteiger partial charge in [0, 0.05) is 24.2 Å². The number of ether oxygens (including phenoxy) is 1. The Morgan fingerprint density at radius 2 is 2.00 bits per heavy atom. The maximum Gasteiger partial charge on any atom is 0.303 e. The van der Waals surface area contributed by atoms with Gasteiger partial charge < -0.3 is 9.84 Å². The van der Waals surface area contributed by atoms with Crippen LogP contribution >= 0.6 is 0 Å². The minimum absolute atomic E-state index is 0.0697. The molecule has 0 radical (unpaired) electrons. The van der Waals surface area contributed by atoms with Crippen LogP contribution in [0.5, 0.6) is 0 Å². The van der Waals surface area contributed by atoms with Crippen molar-refractivity contribution in [3.05, 3.63) is 23.8 Å². The zero-order chi connectivity index (χ0) is 22.0. The molecule has 0 spiro atoms. The van der Waals surface area contributed by atoms with Gasteiger partial charge in [-0.3, -0.25) is 14.4 Å². The highest BCUT2D eigenvalue weighted by atomic mass is 19.1. The molecular formula is C24H31FO5. The van der Waals surface area contributed by atoms with E-state index in [4.69, 9.17) is 4.74 Å². The van der Waals surface area contributed by atoms with E-state index < -0.39 is 29.1 Å². The number of Topliss-reactive ketones (excluding diaryl/α,β-unsaturated/α-hetero) is 1. The topological polar surface area (TPSA) is 80.7 Å². The van der Waals surface area contributed by atoms with E-state index in [1.807, 2.05) is 20.8 Å². The Balaban J connectivity index is 1.69. The predicted molar refractivity (Wildman–Crippen MR) is 108 cm³/mol. The van der Waals surface area contributed by atoms with Crippen molar-refractivity contribution in [3.63, 3.8) is 0 Å². The number of carbonyl (C=O) groups excluding carboxylic acids is 3. The highest BCUT2D eigenvalue weighted by molar-refractivity contribution is 6.01. The van der Waals surface area contributed by atoms with Crippen LogP contribution in [0.4, 0.5) is 4.39 Å². The largest absolute Gasteiger partial charge is 0.458 e. The maximum atomic E-state index is 15.3. The first-order chi connectivity index (χ1) is 14.0. The Morgan fingerprint density at radius 1 is 1.30 bits per heavy atom. The number of hydrogen-bond acceptors (Lipinski definition) is 5. The van der Waals surface area contributed by atoms with Gasteiger partial charge in [0.2, 0.25) is 0 Å². The standard InChI is InChI=1S/C24H31FO5/c1-12-7-16-15-9-18(25)17-8-14(27)5-6-23(17,3)22(15)19(28)10-24(16,4)21(12)20(29)11-30-13(2)26/h5-6,8,12,15-16,18-19,21-22,28H,7,9-11H2,1-4H3/t12-,15?,16+,18+,19+,21?,22?,23?,24?/m1/s1. The van der Waals surface area contributed by atoms with E-state index in [-0.39, 0.29) is 54.2 Å². The molecule has 4 aliphatic carbocycles. The first-order valence-corrected chi connectivity index (χ1v) is 10.9. The van der Waals surface area contributed by atoms with Gasteiger partial charge in [0.1, 0.15) is 12.8 Å². The average Bonchev–Trinajstić information content (AvgIpc) is 2.91. The summed E-state index contributed by atoms with van der Waals surface area (Å²) in [5, 5.41) is 11.3. The summed E-state index contributed by atoms with van der Waals surface area (Å²) < 4.78 is 20.3. The van der Waals surface area contributed by atoms with Crippen molar-refractivity contribution < 1.29 is 28.6 Å². The Bertz CT molecular complexity index is 847. The van der Waals surface area contributed by atoms with E-state index in [9.17, 15) is 19.5 Å². The van der Waals surface area contributed by atoms with Crippen LogP contribution in [0.1, 0.15) is 47.0 Å². The SMILES string of the molecule is CC(=O)OCC(=O)C1[C@H](C)C[C@H]2C3C[C@H](F)C4=CC(=O)C=CC4(C)C3[C@@H](O)CC12C. The number of alkyl halides is 1. The third kappa shape index (κ3) is 3.02. The Morgan fingerprint density at radius 3 is 2.67 bits per heavy atom. The second kappa shape index (κ2) is 7.11. The van der Waals surface area contributed by atoms with Gasteiger partial charge in [-0.1, -0.05) is 26.8 Å². The van der Waals surface area contributed by atoms with E-state index >= 15 is 4.39 Å². The molecule has 164 valence electrons. The van der Waals surface area contributed by atoms with Gasteiger partial charge in [-0.05, 0) is 60.2 Å². The summed E-state index contributed by atoms with van der Waals surface area (Å²) in [6.45, 7) is 7.03. The molecule has 0 saturated heterocycles. The molecule has 0 aromatic heterocycles. The lowest BCUT2D eigenvalue weighted by Gasteiger charge is -2.59. The fraction of sp³-hybridized carbons (Fsp3) is 0.708. The Hall–Kier alpha value is -1.82. The fourth-order valence-corrected chi connectivity index (χ4v) is 7.65. The van der Waals surface area contributed by atoms with Crippen LogP contribution in [-0.2, 0) is 19.1 Å². The van der Waals surface area contributed by atoms with Gasteiger partial charge in [0.05, 0.1) is 6.10 Å². The first-order valence-electron chi connectivity index (χ1n) is 10.9. The number of ketones is 2. The van der Waals surface area contributed by atoms with Crippen LogP contribution in [0.15, 0.2) is 23.8 Å². The Kier molecular flexibility index (Phi) is 5.08. The molecule has 4 rings (SSSR count). The summed E-state index contributed by atoms with van der Waals surface area (Å²) in [6.07, 6.45) is 4.23. The van der Waals surface area contributed by atoms with E-state index in [0.717, 1.165) is 6.42 Å². The number of aliphatic hydroxyl groups is 1. The third-order valence-corrected chi connectivity index (χ3v) is 8.58. The molecule has 0 bridgehead atoms. The van der Waals surface area contributed by atoms with Crippen LogP contribution in [0.25, 0.3) is 0 Å². The normalized spacial score (nSPS) is 47.1. The molecular weight excluding hydrogens is 387 g/mol. The lowest BCUT2D eigenvalue weighted by molar-refractivity contribution is -0.153. The number of rotatable bonds is 3. The summed E-state index contributed by atoms with van der Waals surface area (Å²) in [7, 11) is 0. The summed E-state index contributed by atoms with van der Waals surface area (Å²) in [5.74, 6) is -1.24. The summed E-state index contributed by atoms with van der Waals surface area (Å²) in [6, 6.07) is 0. The molecule has 0 aromatic rings. The van der Waals surface area contributed by atoms with Crippen molar-refractivity contribution in [1.29, 1.82) is 0 Å². The first kappa shape index (κ1) is 21.4. The predicted octanol–water partition coefficient (Wildman–Crippen LogP) is 3.21. The number of allylic oxidation sites excluding steroid dienone is 4. The molecule has 6 heteroatoms. The number of fused-ring (bicyclic) bond motifs is 5. The van der Waals surface area contributed by atoms with E-state index in [0.29, 0.717) is 12.0 Å². The number of esters is 1. The quantitative estimate of drug-likeness (QED) is 0.712. The smallest absolute Gasteiger partial charge is 0.303 e. The monoisotopic (exact) mass is 418 g/mol. The molecule has 3 saturated carbocycles.